The molecule has 1 heterocycles. The van der Waals surface area contributed by atoms with Gasteiger partial charge in [-0.3, -0.25) is 4.79 Å². The van der Waals surface area contributed by atoms with Crippen molar-refractivity contribution >= 4 is 17.3 Å². The van der Waals surface area contributed by atoms with Gasteiger partial charge in [0.15, 0.2) is 0 Å². The molecule has 0 fully saturated rings. The number of hydrogen-bond acceptors (Lipinski definition) is 3. The van der Waals surface area contributed by atoms with E-state index in [0.29, 0.717) is 0 Å². The summed E-state index contributed by atoms with van der Waals surface area (Å²) >= 11 is 1.47. The van der Waals surface area contributed by atoms with Crippen LogP contribution in [0.5, 0.6) is 0 Å². The standard InChI is InChI=1S/C14H15NO2S/c1-8-5-4-6-11(7-8)13-15-10(3)12(18-13)9(2)14(16)17/h4-7,9H,1-3H3,(H,16,17). The molecule has 1 unspecified atom stereocenters. The maximum atomic E-state index is 11.0. The van der Waals surface area contributed by atoms with Gasteiger partial charge in [-0.2, -0.15) is 0 Å². The summed E-state index contributed by atoms with van der Waals surface area (Å²) in [6, 6.07) is 8.08. The summed E-state index contributed by atoms with van der Waals surface area (Å²) in [6.07, 6.45) is 0. The van der Waals surface area contributed by atoms with Gasteiger partial charge in [-0.15, -0.1) is 11.3 Å². The molecule has 1 aromatic heterocycles. The van der Waals surface area contributed by atoms with E-state index in [1.165, 1.54) is 16.9 Å². The quantitative estimate of drug-likeness (QED) is 0.918. The van der Waals surface area contributed by atoms with Crippen LogP contribution in [-0.2, 0) is 4.79 Å². The van der Waals surface area contributed by atoms with E-state index in [0.717, 1.165) is 21.1 Å². The van der Waals surface area contributed by atoms with Crippen molar-refractivity contribution in [3.8, 4) is 10.6 Å². The highest BCUT2D eigenvalue weighted by Crippen LogP contribution is 2.32. The van der Waals surface area contributed by atoms with Gasteiger partial charge in [0.05, 0.1) is 11.6 Å². The van der Waals surface area contributed by atoms with Gasteiger partial charge >= 0.3 is 5.97 Å². The van der Waals surface area contributed by atoms with Gasteiger partial charge in [0, 0.05) is 10.4 Å². The van der Waals surface area contributed by atoms with Crippen LogP contribution < -0.4 is 0 Å². The summed E-state index contributed by atoms with van der Waals surface area (Å²) < 4.78 is 0. The number of aryl methyl sites for hydroxylation is 2. The molecule has 0 aliphatic rings. The van der Waals surface area contributed by atoms with Gasteiger partial charge in [0.1, 0.15) is 5.01 Å². The van der Waals surface area contributed by atoms with Crippen LogP contribution in [0.4, 0.5) is 0 Å². The van der Waals surface area contributed by atoms with E-state index in [4.69, 9.17) is 5.11 Å². The summed E-state index contributed by atoms with van der Waals surface area (Å²) in [7, 11) is 0. The monoisotopic (exact) mass is 261 g/mol. The second kappa shape index (κ2) is 4.90. The number of benzene rings is 1. The topological polar surface area (TPSA) is 50.2 Å². The fourth-order valence-corrected chi connectivity index (χ4v) is 2.93. The smallest absolute Gasteiger partial charge is 0.311 e. The third-order valence-electron chi connectivity index (χ3n) is 2.86. The molecule has 1 aromatic carbocycles. The van der Waals surface area contributed by atoms with Crippen molar-refractivity contribution < 1.29 is 9.90 Å². The Balaban J connectivity index is 2.43. The third-order valence-corrected chi connectivity index (χ3v) is 4.25. The number of hydrogen-bond donors (Lipinski definition) is 1. The van der Waals surface area contributed by atoms with Gasteiger partial charge in [-0.25, -0.2) is 4.98 Å². The molecule has 0 aliphatic heterocycles. The fourth-order valence-electron chi connectivity index (χ4n) is 1.82. The SMILES string of the molecule is Cc1cccc(-c2nc(C)c(C(C)C(=O)O)s2)c1. The van der Waals surface area contributed by atoms with Crippen LogP contribution in [0.15, 0.2) is 24.3 Å². The van der Waals surface area contributed by atoms with Crippen molar-refractivity contribution in [3.05, 3.63) is 40.4 Å². The van der Waals surface area contributed by atoms with Crippen molar-refractivity contribution in [2.75, 3.05) is 0 Å². The molecular weight excluding hydrogens is 246 g/mol. The Morgan fingerprint density at radius 1 is 1.39 bits per heavy atom. The average molecular weight is 261 g/mol. The van der Waals surface area contributed by atoms with Gasteiger partial charge in [-0.1, -0.05) is 23.8 Å². The summed E-state index contributed by atoms with van der Waals surface area (Å²) in [6.45, 7) is 5.60. The first-order valence-corrected chi connectivity index (χ1v) is 6.58. The Morgan fingerprint density at radius 3 is 2.72 bits per heavy atom. The molecule has 0 amide bonds. The maximum Gasteiger partial charge on any atom is 0.311 e. The first-order valence-electron chi connectivity index (χ1n) is 5.76. The predicted octanol–water partition coefficient (Wildman–Crippen LogP) is 3.62. The maximum absolute atomic E-state index is 11.0. The van der Waals surface area contributed by atoms with E-state index in [9.17, 15) is 4.79 Å². The number of nitrogens with zero attached hydrogens (tertiary/aromatic N) is 1. The molecule has 3 nitrogen and oxygen atoms in total. The van der Waals surface area contributed by atoms with Crippen LogP contribution in [0.1, 0.15) is 29.0 Å². The van der Waals surface area contributed by atoms with Gasteiger partial charge in [0.2, 0.25) is 0 Å². The molecule has 0 radical (unpaired) electrons. The van der Waals surface area contributed by atoms with Gasteiger partial charge in [0.25, 0.3) is 0 Å². The zero-order valence-electron chi connectivity index (χ0n) is 10.6. The molecule has 18 heavy (non-hydrogen) atoms. The van der Waals surface area contributed by atoms with Crippen LogP contribution in [0.2, 0.25) is 0 Å². The second-order valence-electron chi connectivity index (χ2n) is 4.40. The van der Waals surface area contributed by atoms with Crippen LogP contribution >= 0.6 is 11.3 Å². The Bertz CT molecular complexity index is 589. The minimum atomic E-state index is -0.808. The van der Waals surface area contributed by atoms with E-state index in [2.05, 4.69) is 11.1 Å². The van der Waals surface area contributed by atoms with E-state index >= 15 is 0 Å². The van der Waals surface area contributed by atoms with Crippen molar-refractivity contribution in [3.63, 3.8) is 0 Å². The molecule has 1 atom stereocenters. The zero-order valence-corrected chi connectivity index (χ0v) is 11.4. The Morgan fingerprint density at radius 2 is 2.11 bits per heavy atom. The Labute approximate surface area is 110 Å². The van der Waals surface area contributed by atoms with Crippen LogP contribution in [0.3, 0.4) is 0 Å². The van der Waals surface area contributed by atoms with Crippen molar-refractivity contribution in [2.45, 2.75) is 26.7 Å². The number of aromatic nitrogens is 1. The largest absolute Gasteiger partial charge is 0.481 e. The van der Waals surface area contributed by atoms with Gasteiger partial charge < -0.3 is 5.11 Å². The summed E-state index contributed by atoms with van der Waals surface area (Å²) in [5.74, 6) is -1.31. The van der Waals surface area contributed by atoms with Crippen molar-refractivity contribution in [1.29, 1.82) is 0 Å². The molecule has 2 aromatic rings. The molecule has 1 N–H and O–H groups in total. The second-order valence-corrected chi connectivity index (χ2v) is 5.43. The van der Waals surface area contributed by atoms with Crippen LogP contribution in [0, 0.1) is 13.8 Å². The Kier molecular flexibility index (Phi) is 3.48. The van der Waals surface area contributed by atoms with E-state index in [-0.39, 0.29) is 0 Å². The van der Waals surface area contributed by atoms with Gasteiger partial charge in [-0.05, 0) is 26.8 Å². The number of carboxylic acid groups (broad SMARTS) is 1. The fraction of sp³-hybridized carbons (Fsp3) is 0.286. The lowest BCUT2D eigenvalue weighted by Crippen LogP contribution is -2.06. The molecule has 4 heteroatoms. The first-order chi connectivity index (χ1) is 8.49. The molecule has 0 spiro atoms. The molecule has 0 bridgehead atoms. The molecule has 0 aliphatic carbocycles. The highest BCUT2D eigenvalue weighted by Gasteiger charge is 2.20. The van der Waals surface area contributed by atoms with E-state index in [1.807, 2.05) is 32.0 Å². The predicted molar refractivity (Wildman–Crippen MR) is 73.1 cm³/mol. The molecular formula is C14H15NO2S. The lowest BCUT2D eigenvalue weighted by Gasteiger charge is -2.02. The number of thiazole rings is 1. The number of aliphatic carboxylic acids is 1. The summed E-state index contributed by atoms with van der Waals surface area (Å²) in [4.78, 5) is 16.3. The van der Waals surface area contributed by atoms with E-state index < -0.39 is 11.9 Å². The normalized spacial score (nSPS) is 12.4. The first kappa shape index (κ1) is 12.8. The molecule has 94 valence electrons. The van der Waals surface area contributed by atoms with Crippen LogP contribution in [-0.4, -0.2) is 16.1 Å². The summed E-state index contributed by atoms with van der Waals surface area (Å²) in [5.41, 5.74) is 3.03. The molecule has 0 saturated carbocycles. The third kappa shape index (κ3) is 2.43. The zero-order chi connectivity index (χ0) is 13.3. The number of carboxylic acids is 1. The Hall–Kier alpha value is -1.68. The van der Waals surface area contributed by atoms with Crippen LogP contribution in [0.25, 0.3) is 10.6 Å². The lowest BCUT2D eigenvalue weighted by atomic mass is 10.1. The number of carbonyl (C=O) groups is 1. The van der Waals surface area contributed by atoms with Crippen molar-refractivity contribution in [1.82, 2.24) is 4.98 Å². The highest BCUT2D eigenvalue weighted by molar-refractivity contribution is 7.15. The summed E-state index contributed by atoms with van der Waals surface area (Å²) in [5, 5.41) is 9.95. The van der Waals surface area contributed by atoms with Crippen molar-refractivity contribution in [2.24, 2.45) is 0 Å². The molecule has 2 rings (SSSR count). The van der Waals surface area contributed by atoms with E-state index in [1.54, 1.807) is 6.92 Å². The molecule has 0 saturated heterocycles. The lowest BCUT2D eigenvalue weighted by molar-refractivity contribution is -0.138. The highest BCUT2D eigenvalue weighted by atomic mass is 32.1. The minimum Gasteiger partial charge on any atom is -0.481 e. The number of rotatable bonds is 3. The average Bonchev–Trinajstić information content (AvgIpc) is 2.70. The minimum absolute atomic E-state index is 0.499.